The predicted octanol–water partition coefficient (Wildman–Crippen LogP) is 3.08. The molecule has 0 aliphatic rings. The summed E-state index contributed by atoms with van der Waals surface area (Å²) in [6.07, 6.45) is 3.31. The molecule has 0 spiro atoms. The number of aromatic nitrogens is 1. The smallest absolute Gasteiger partial charge is 0.253 e. The van der Waals surface area contributed by atoms with Gasteiger partial charge in [-0.2, -0.15) is 0 Å². The number of nitrogens with one attached hydrogen (secondary N) is 1. The molecule has 1 amide bonds. The van der Waals surface area contributed by atoms with Gasteiger partial charge in [-0.15, -0.1) is 0 Å². The van der Waals surface area contributed by atoms with Gasteiger partial charge in [0.1, 0.15) is 5.15 Å². The van der Waals surface area contributed by atoms with E-state index in [0.29, 0.717) is 12.1 Å². The summed E-state index contributed by atoms with van der Waals surface area (Å²) in [4.78, 5) is 15.4. The van der Waals surface area contributed by atoms with E-state index in [9.17, 15) is 4.79 Å². The van der Waals surface area contributed by atoms with Gasteiger partial charge in [-0.3, -0.25) is 4.79 Å². The number of hydrogen-bond donors (Lipinski definition) is 1. The molecule has 1 aromatic rings. The monoisotopic (exact) mass is 258 g/mol. The van der Waals surface area contributed by atoms with Crippen molar-refractivity contribution < 1.29 is 4.79 Å². The van der Waals surface area contributed by atoms with Gasteiger partial charge >= 0.3 is 0 Å². The average molecular weight is 259 g/mol. The van der Waals surface area contributed by atoms with Gasteiger partial charge in [0.2, 0.25) is 0 Å². The Kier molecular flexibility index (Phi) is 4.77. The van der Waals surface area contributed by atoms with Crippen molar-refractivity contribution in [2.75, 3.05) is 6.54 Å². The number of allylic oxidation sites excluding steroid dienone is 1. The average Bonchev–Trinajstić information content (AvgIpc) is 2.21. The Labute approximate surface area is 104 Å². The van der Waals surface area contributed by atoms with E-state index in [1.807, 2.05) is 19.9 Å². The fourth-order valence-corrected chi connectivity index (χ4v) is 1.27. The highest BCUT2D eigenvalue weighted by atomic mass is 35.5. The van der Waals surface area contributed by atoms with Crippen molar-refractivity contribution in [1.82, 2.24) is 10.3 Å². The van der Waals surface area contributed by atoms with Crippen LogP contribution >= 0.6 is 23.2 Å². The quantitative estimate of drug-likeness (QED) is 0.669. The third kappa shape index (κ3) is 3.83. The Morgan fingerprint density at radius 3 is 2.75 bits per heavy atom. The van der Waals surface area contributed by atoms with Crippen molar-refractivity contribution in [3.8, 4) is 0 Å². The van der Waals surface area contributed by atoms with E-state index >= 15 is 0 Å². The SMILES string of the molecule is CC(C)=CCNC(=O)c1cnc(Cl)c(Cl)c1. The first kappa shape index (κ1) is 13.0. The summed E-state index contributed by atoms with van der Waals surface area (Å²) in [6, 6.07) is 1.49. The fraction of sp³-hybridized carbons (Fsp3) is 0.273. The number of halogens is 2. The molecular weight excluding hydrogens is 247 g/mol. The van der Waals surface area contributed by atoms with Crippen molar-refractivity contribution in [3.05, 3.63) is 39.7 Å². The second-order valence-corrected chi connectivity index (χ2v) is 4.25. The maximum Gasteiger partial charge on any atom is 0.253 e. The van der Waals surface area contributed by atoms with Crippen LogP contribution in [0.15, 0.2) is 23.9 Å². The minimum Gasteiger partial charge on any atom is -0.349 e. The maximum absolute atomic E-state index is 11.6. The van der Waals surface area contributed by atoms with E-state index < -0.39 is 0 Å². The molecule has 0 bridgehead atoms. The molecule has 0 atom stereocenters. The molecule has 0 radical (unpaired) electrons. The number of hydrogen-bond acceptors (Lipinski definition) is 2. The van der Waals surface area contributed by atoms with Crippen LogP contribution in [-0.4, -0.2) is 17.4 Å². The molecule has 0 aromatic carbocycles. The first-order chi connectivity index (χ1) is 7.50. The second kappa shape index (κ2) is 5.87. The molecule has 0 aliphatic heterocycles. The normalized spacial score (nSPS) is 9.75. The van der Waals surface area contributed by atoms with E-state index in [4.69, 9.17) is 23.2 Å². The van der Waals surface area contributed by atoms with Gasteiger partial charge in [0.25, 0.3) is 5.91 Å². The van der Waals surface area contributed by atoms with Gasteiger partial charge in [-0.25, -0.2) is 4.98 Å². The summed E-state index contributed by atoms with van der Waals surface area (Å²) >= 11 is 11.4. The van der Waals surface area contributed by atoms with Crippen LogP contribution < -0.4 is 5.32 Å². The molecule has 0 saturated carbocycles. The van der Waals surface area contributed by atoms with Crippen molar-refractivity contribution in [1.29, 1.82) is 0 Å². The first-order valence-electron chi connectivity index (χ1n) is 4.73. The van der Waals surface area contributed by atoms with Gasteiger partial charge in [0, 0.05) is 12.7 Å². The summed E-state index contributed by atoms with van der Waals surface area (Å²) in [7, 11) is 0. The van der Waals surface area contributed by atoms with Crippen LogP contribution in [0.3, 0.4) is 0 Å². The number of rotatable bonds is 3. The van der Waals surface area contributed by atoms with Crippen LogP contribution in [0.1, 0.15) is 24.2 Å². The lowest BCUT2D eigenvalue weighted by Crippen LogP contribution is -2.23. The number of carbonyl (C=O) groups excluding carboxylic acids is 1. The van der Waals surface area contributed by atoms with Crippen molar-refractivity contribution in [2.24, 2.45) is 0 Å². The molecule has 3 nitrogen and oxygen atoms in total. The highest BCUT2D eigenvalue weighted by molar-refractivity contribution is 6.41. The van der Waals surface area contributed by atoms with Crippen LogP contribution in [0.2, 0.25) is 10.2 Å². The number of nitrogens with zero attached hydrogens (tertiary/aromatic N) is 1. The van der Waals surface area contributed by atoms with Crippen molar-refractivity contribution >= 4 is 29.1 Å². The molecule has 16 heavy (non-hydrogen) atoms. The number of carbonyl (C=O) groups is 1. The molecule has 5 heteroatoms. The Balaban J connectivity index is 2.66. The van der Waals surface area contributed by atoms with Gasteiger partial charge in [0.05, 0.1) is 10.6 Å². The molecular formula is C11H12Cl2N2O. The zero-order valence-electron chi connectivity index (χ0n) is 9.05. The van der Waals surface area contributed by atoms with E-state index in [1.165, 1.54) is 12.3 Å². The lowest BCUT2D eigenvalue weighted by molar-refractivity contribution is 0.0957. The first-order valence-corrected chi connectivity index (χ1v) is 5.49. The molecule has 0 saturated heterocycles. The zero-order chi connectivity index (χ0) is 12.1. The topological polar surface area (TPSA) is 42.0 Å². The largest absolute Gasteiger partial charge is 0.349 e. The molecule has 1 N–H and O–H groups in total. The fourth-order valence-electron chi connectivity index (χ4n) is 0.995. The van der Waals surface area contributed by atoms with Crippen LogP contribution in [0.5, 0.6) is 0 Å². The standard InChI is InChI=1S/C11H12Cl2N2O/c1-7(2)3-4-14-11(16)8-5-9(12)10(13)15-6-8/h3,5-6H,4H2,1-2H3,(H,14,16). The Bertz CT molecular complexity index is 426. The van der Waals surface area contributed by atoms with Gasteiger partial charge in [-0.1, -0.05) is 34.9 Å². The van der Waals surface area contributed by atoms with Gasteiger partial charge in [0.15, 0.2) is 0 Å². The summed E-state index contributed by atoms with van der Waals surface area (Å²) in [6.45, 7) is 4.42. The summed E-state index contributed by atoms with van der Waals surface area (Å²) in [5.74, 6) is -0.219. The van der Waals surface area contributed by atoms with E-state index in [1.54, 1.807) is 0 Å². The molecule has 1 rings (SSSR count). The minimum absolute atomic E-state index is 0.197. The number of amides is 1. The third-order valence-electron chi connectivity index (χ3n) is 1.83. The van der Waals surface area contributed by atoms with Crippen LogP contribution in [0, 0.1) is 0 Å². The third-order valence-corrected chi connectivity index (χ3v) is 2.52. The highest BCUT2D eigenvalue weighted by Crippen LogP contribution is 2.19. The predicted molar refractivity (Wildman–Crippen MR) is 66.0 cm³/mol. The summed E-state index contributed by atoms with van der Waals surface area (Å²) in [5.41, 5.74) is 1.55. The van der Waals surface area contributed by atoms with E-state index in [0.717, 1.165) is 5.57 Å². The summed E-state index contributed by atoms with van der Waals surface area (Å²) in [5, 5.41) is 3.19. The van der Waals surface area contributed by atoms with Crippen molar-refractivity contribution in [2.45, 2.75) is 13.8 Å². The van der Waals surface area contributed by atoms with E-state index in [-0.39, 0.29) is 16.1 Å². The summed E-state index contributed by atoms with van der Waals surface area (Å²) < 4.78 is 0. The Morgan fingerprint density at radius 2 is 2.19 bits per heavy atom. The molecule has 0 aliphatic carbocycles. The maximum atomic E-state index is 11.6. The minimum atomic E-state index is -0.219. The molecule has 1 heterocycles. The van der Waals surface area contributed by atoms with Crippen LogP contribution in [0.25, 0.3) is 0 Å². The Morgan fingerprint density at radius 1 is 1.50 bits per heavy atom. The van der Waals surface area contributed by atoms with E-state index in [2.05, 4.69) is 10.3 Å². The number of pyridine rings is 1. The highest BCUT2D eigenvalue weighted by Gasteiger charge is 2.07. The lowest BCUT2D eigenvalue weighted by atomic mass is 10.2. The molecule has 0 unspecified atom stereocenters. The molecule has 86 valence electrons. The van der Waals surface area contributed by atoms with Gasteiger partial charge < -0.3 is 5.32 Å². The van der Waals surface area contributed by atoms with Crippen molar-refractivity contribution in [3.63, 3.8) is 0 Å². The van der Waals surface area contributed by atoms with Gasteiger partial charge in [-0.05, 0) is 19.9 Å². The second-order valence-electron chi connectivity index (χ2n) is 3.49. The lowest BCUT2D eigenvalue weighted by Gasteiger charge is -2.03. The van der Waals surface area contributed by atoms with Crippen LogP contribution in [0.4, 0.5) is 0 Å². The zero-order valence-corrected chi connectivity index (χ0v) is 10.6. The molecule has 1 aromatic heterocycles. The van der Waals surface area contributed by atoms with Crippen LogP contribution in [-0.2, 0) is 0 Å². The Hall–Kier alpha value is -1.06. The molecule has 0 fully saturated rings.